The van der Waals surface area contributed by atoms with Gasteiger partial charge in [0.2, 0.25) is 0 Å². The quantitative estimate of drug-likeness (QED) is 0.597. The molecule has 1 aromatic heterocycles. The second-order valence-corrected chi connectivity index (χ2v) is 4.52. The fraction of sp³-hybridized carbons (Fsp3) is 0.545. The molecule has 1 aromatic rings. The van der Waals surface area contributed by atoms with E-state index in [1.807, 2.05) is 19.2 Å². The van der Waals surface area contributed by atoms with Gasteiger partial charge in [0.15, 0.2) is 0 Å². The van der Waals surface area contributed by atoms with E-state index in [1.54, 1.807) is 11.6 Å². The van der Waals surface area contributed by atoms with Gasteiger partial charge in [-0.1, -0.05) is 20.8 Å². The third-order valence-corrected chi connectivity index (χ3v) is 2.32. The van der Waals surface area contributed by atoms with E-state index in [2.05, 4.69) is 20.8 Å². The lowest BCUT2D eigenvalue weighted by Gasteiger charge is -2.21. The van der Waals surface area contributed by atoms with E-state index in [-0.39, 0.29) is 11.0 Å². The maximum absolute atomic E-state index is 11.6. The summed E-state index contributed by atoms with van der Waals surface area (Å²) in [5.74, 6) is 0. The number of hydrogen-bond acceptors (Lipinski definition) is 1. The topological polar surface area (TPSA) is 22.0 Å². The normalized spacial score (nSPS) is 11.8. The highest BCUT2D eigenvalue weighted by atomic mass is 16.1. The minimum absolute atomic E-state index is 0.0531. The van der Waals surface area contributed by atoms with Crippen molar-refractivity contribution in [3.8, 4) is 0 Å². The minimum atomic E-state index is 0.0531. The second kappa shape index (κ2) is 3.02. The third kappa shape index (κ3) is 1.82. The molecule has 0 N–H and O–H groups in total. The summed E-state index contributed by atoms with van der Waals surface area (Å²) < 4.78 is 1.62. The van der Waals surface area contributed by atoms with Gasteiger partial charge in [0, 0.05) is 18.8 Å². The average molecular weight is 179 g/mol. The predicted molar refractivity (Wildman–Crippen MR) is 55.1 cm³/mol. The molecule has 0 aliphatic heterocycles. The van der Waals surface area contributed by atoms with Crippen LogP contribution in [-0.2, 0) is 12.5 Å². The van der Waals surface area contributed by atoms with E-state index in [1.165, 1.54) is 0 Å². The monoisotopic (exact) mass is 179 g/mol. The van der Waals surface area contributed by atoms with Gasteiger partial charge in [-0.05, 0) is 24.0 Å². The van der Waals surface area contributed by atoms with Crippen LogP contribution in [0.25, 0.3) is 0 Å². The maximum atomic E-state index is 11.6. The van der Waals surface area contributed by atoms with Crippen LogP contribution in [0.2, 0.25) is 0 Å². The minimum Gasteiger partial charge on any atom is -0.318 e. The van der Waals surface area contributed by atoms with Crippen molar-refractivity contribution in [1.82, 2.24) is 4.57 Å². The summed E-state index contributed by atoms with van der Waals surface area (Å²) in [5, 5.41) is 0. The first kappa shape index (κ1) is 10.0. The molecule has 0 atom stereocenters. The molecule has 2 nitrogen and oxygen atoms in total. The van der Waals surface area contributed by atoms with Gasteiger partial charge in [-0.2, -0.15) is 0 Å². The Morgan fingerprint density at radius 2 is 1.85 bits per heavy atom. The lowest BCUT2D eigenvalue weighted by molar-refractivity contribution is 0.580. The van der Waals surface area contributed by atoms with Crippen molar-refractivity contribution in [2.24, 2.45) is 7.05 Å². The fourth-order valence-electron chi connectivity index (χ4n) is 1.57. The molecule has 72 valence electrons. The summed E-state index contributed by atoms with van der Waals surface area (Å²) in [6.07, 6.45) is 1.83. The summed E-state index contributed by atoms with van der Waals surface area (Å²) in [6.45, 7) is 8.25. The molecule has 0 amide bonds. The van der Waals surface area contributed by atoms with Crippen molar-refractivity contribution in [2.45, 2.75) is 33.1 Å². The number of hydrogen-bond donors (Lipinski definition) is 0. The van der Waals surface area contributed by atoms with Crippen LogP contribution in [-0.4, -0.2) is 4.57 Å². The first-order valence-electron chi connectivity index (χ1n) is 4.51. The van der Waals surface area contributed by atoms with Crippen LogP contribution in [0.5, 0.6) is 0 Å². The molecular formula is C11H17NO. The van der Waals surface area contributed by atoms with Crippen molar-refractivity contribution in [3.05, 3.63) is 33.7 Å². The predicted octanol–water partition coefficient (Wildman–Crippen LogP) is 1.99. The summed E-state index contributed by atoms with van der Waals surface area (Å²) in [7, 11) is 1.78. The van der Waals surface area contributed by atoms with Gasteiger partial charge in [-0.25, -0.2) is 0 Å². The molecule has 1 heterocycles. The van der Waals surface area contributed by atoms with Crippen LogP contribution in [0.15, 0.2) is 17.1 Å². The maximum Gasteiger partial charge on any atom is 0.253 e. The van der Waals surface area contributed by atoms with Crippen LogP contribution >= 0.6 is 0 Å². The Hall–Kier alpha value is -1.05. The first-order chi connectivity index (χ1) is 5.84. The Balaban J connectivity index is 3.44. The van der Waals surface area contributed by atoms with Crippen LogP contribution < -0.4 is 5.56 Å². The SMILES string of the molecule is Cc1c(C(C)(C)C)ccn(C)c1=O. The molecule has 0 spiro atoms. The Labute approximate surface area is 79.2 Å². The summed E-state index contributed by atoms with van der Waals surface area (Å²) in [4.78, 5) is 11.6. The van der Waals surface area contributed by atoms with Crippen LogP contribution in [0.3, 0.4) is 0 Å². The van der Waals surface area contributed by atoms with E-state index in [4.69, 9.17) is 0 Å². The van der Waals surface area contributed by atoms with Gasteiger partial charge >= 0.3 is 0 Å². The van der Waals surface area contributed by atoms with Crippen molar-refractivity contribution in [1.29, 1.82) is 0 Å². The molecule has 0 fully saturated rings. The molecular weight excluding hydrogens is 162 g/mol. The standard InChI is InChI=1S/C11H17NO/c1-8-9(11(2,3)4)6-7-12(5)10(8)13/h6-7H,1-5H3. The van der Waals surface area contributed by atoms with Gasteiger partial charge in [0.1, 0.15) is 0 Å². The van der Waals surface area contributed by atoms with E-state index in [0.29, 0.717) is 0 Å². The van der Waals surface area contributed by atoms with E-state index < -0.39 is 0 Å². The third-order valence-electron chi connectivity index (χ3n) is 2.32. The molecule has 0 aliphatic carbocycles. The highest BCUT2D eigenvalue weighted by Gasteiger charge is 2.17. The molecule has 2 heteroatoms. The molecule has 1 rings (SSSR count). The smallest absolute Gasteiger partial charge is 0.253 e. The largest absolute Gasteiger partial charge is 0.318 e. The summed E-state index contributed by atoms with van der Waals surface area (Å²) in [5.41, 5.74) is 2.15. The number of pyridine rings is 1. The summed E-state index contributed by atoms with van der Waals surface area (Å²) >= 11 is 0. The van der Waals surface area contributed by atoms with Gasteiger partial charge < -0.3 is 4.57 Å². The zero-order valence-corrected chi connectivity index (χ0v) is 9.01. The van der Waals surface area contributed by atoms with Crippen molar-refractivity contribution < 1.29 is 0 Å². The average Bonchev–Trinajstić information content (AvgIpc) is 1.98. The molecule has 0 aromatic carbocycles. The van der Waals surface area contributed by atoms with Crippen molar-refractivity contribution in [2.75, 3.05) is 0 Å². The molecule has 0 saturated heterocycles. The van der Waals surface area contributed by atoms with Gasteiger partial charge in [0.25, 0.3) is 5.56 Å². The molecule has 0 unspecified atom stereocenters. The van der Waals surface area contributed by atoms with Crippen LogP contribution in [0, 0.1) is 6.92 Å². The Kier molecular flexibility index (Phi) is 2.33. The van der Waals surface area contributed by atoms with Crippen molar-refractivity contribution >= 4 is 0 Å². The van der Waals surface area contributed by atoms with Gasteiger partial charge in [-0.15, -0.1) is 0 Å². The second-order valence-electron chi connectivity index (χ2n) is 4.52. The van der Waals surface area contributed by atoms with E-state index in [0.717, 1.165) is 11.1 Å². The highest BCUT2D eigenvalue weighted by molar-refractivity contribution is 5.28. The summed E-state index contributed by atoms with van der Waals surface area (Å²) in [6, 6.07) is 2.02. The Morgan fingerprint density at radius 1 is 1.31 bits per heavy atom. The fourth-order valence-corrected chi connectivity index (χ4v) is 1.57. The number of aromatic nitrogens is 1. The molecule has 13 heavy (non-hydrogen) atoms. The van der Waals surface area contributed by atoms with Crippen LogP contribution in [0.1, 0.15) is 31.9 Å². The highest BCUT2D eigenvalue weighted by Crippen LogP contribution is 2.22. The van der Waals surface area contributed by atoms with Gasteiger partial charge in [0.05, 0.1) is 0 Å². The lowest BCUT2D eigenvalue weighted by atomic mass is 9.85. The Morgan fingerprint density at radius 3 is 2.31 bits per heavy atom. The number of rotatable bonds is 0. The lowest BCUT2D eigenvalue weighted by Crippen LogP contribution is -2.24. The van der Waals surface area contributed by atoms with Gasteiger partial charge in [-0.3, -0.25) is 4.79 Å². The zero-order chi connectivity index (χ0) is 10.2. The molecule has 0 saturated carbocycles. The number of nitrogens with zero attached hydrogens (tertiary/aromatic N) is 1. The van der Waals surface area contributed by atoms with E-state index >= 15 is 0 Å². The van der Waals surface area contributed by atoms with E-state index in [9.17, 15) is 4.79 Å². The number of aryl methyl sites for hydroxylation is 1. The molecule has 0 aliphatic rings. The Bertz CT molecular complexity index is 369. The first-order valence-corrected chi connectivity index (χ1v) is 4.51. The zero-order valence-electron chi connectivity index (χ0n) is 9.01. The molecule has 0 radical (unpaired) electrons. The van der Waals surface area contributed by atoms with Crippen LogP contribution in [0.4, 0.5) is 0 Å². The molecule has 0 bridgehead atoms. The van der Waals surface area contributed by atoms with Crippen molar-refractivity contribution in [3.63, 3.8) is 0 Å².